The molecule has 0 aliphatic carbocycles. The summed E-state index contributed by atoms with van der Waals surface area (Å²) in [6.07, 6.45) is 4.34. The fourth-order valence-corrected chi connectivity index (χ4v) is 3.55. The van der Waals surface area contributed by atoms with Crippen molar-refractivity contribution in [1.29, 1.82) is 0 Å². The summed E-state index contributed by atoms with van der Waals surface area (Å²) in [6, 6.07) is 6.02. The van der Waals surface area contributed by atoms with E-state index in [0.29, 0.717) is 23.8 Å². The maximum absolute atomic E-state index is 11.5. The summed E-state index contributed by atoms with van der Waals surface area (Å²) in [4.78, 5) is 11.5. The second-order valence-corrected chi connectivity index (χ2v) is 6.25. The third kappa shape index (κ3) is 2.75. The van der Waals surface area contributed by atoms with Crippen molar-refractivity contribution in [2.24, 2.45) is 0 Å². The molecule has 5 heteroatoms. The van der Waals surface area contributed by atoms with E-state index in [4.69, 9.17) is 9.47 Å². The highest BCUT2D eigenvalue weighted by atomic mass is 79.9. The van der Waals surface area contributed by atoms with Gasteiger partial charge in [0.15, 0.2) is 0 Å². The summed E-state index contributed by atoms with van der Waals surface area (Å²) in [5, 5.41) is 3.56. The van der Waals surface area contributed by atoms with Crippen LogP contribution in [0.4, 0.5) is 0 Å². The number of benzene rings is 1. The van der Waals surface area contributed by atoms with Crippen molar-refractivity contribution < 1.29 is 14.3 Å². The first-order valence-corrected chi connectivity index (χ1v) is 7.72. The average molecular weight is 340 g/mol. The molecule has 0 spiro atoms. The van der Waals surface area contributed by atoms with Crippen LogP contribution in [0.1, 0.15) is 35.2 Å². The highest BCUT2D eigenvalue weighted by molar-refractivity contribution is 9.10. The van der Waals surface area contributed by atoms with Gasteiger partial charge in [-0.2, -0.15) is 0 Å². The molecule has 1 aromatic rings. The Morgan fingerprint density at radius 1 is 1.50 bits per heavy atom. The van der Waals surface area contributed by atoms with E-state index in [1.807, 2.05) is 6.07 Å². The van der Waals surface area contributed by atoms with Crippen molar-refractivity contribution in [2.45, 2.75) is 44.1 Å². The molecule has 2 bridgehead atoms. The Labute approximate surface area is 127 Å². The lowest BCUT2D eigenvalue weighted by molar-refractivity contribution is 0.0600. The number of halogens is 1. The average Bonchev–Trinajstić information content (AvgIpc) is 3.07. The molecule has 0 aromatic heterocycles. The number of hydrogen-bond donors (Lipinski definition) is 1. The summed E-state index contributed by atoms with van der Waals surface area (Å²) < 4.78 is 11.5. The molecular formula is C15H18BrNO3. The molecule has 2 saturated heterocycles. The predicted octanol–water partition coefficient (Wildman–Crippen LogP) is 2.65. The van der Waals surface area contributed by atoms with E-state index in [0.717, 1.165) is 23.0 Å². The SMILES string of the molecule is COC(=O)c1ccc(CNC2CC3CCC2O3)c(Br)c1. The van der Waals surface area contributed by atoms with Gasteiger partial charge in [0.1, 0.15) is 0 Å². The molecule has 0 amide bonds. The second kappa shape index (κ2) is 5.84. The van der Waals surface area contributed by atoms with Gasteiger partial charge < -0.3 is 14.8 Å². The van der Waals surface area contributed by atoms with Crippen LogP contribution in [0.15, 0.2) is 22.7 Å². The lowest BCUT2D eigenvalue weighted by atomic mass is 9.95. The van der Waals surface area contributed by atoms with Crippen molar-refractivity contribution >= 4 is 21.9 Å². The fourth-order valence-electron chi connectivity index (χ4n) is 3.03. The maximum atomic E-state index is 11.5. The van der Waals surface area contributed by atoms with Crippen molar-refractivity contribution in [3.8, 4) is 0 Å². The van der Waals surface area contributed by atoms with Crippen LogP contribution in [-0.4, -0.2) is 31.3 Å². The predicted molar refractivity (Wildman–Crippen MR) is 78.6 cm³/mol. The summed E-state index contributed by atoms with van der Waals surface area (Å²) in [5.74, 6) is -0.313. The Balaban J connectivity index is 1.61. The summed E-state index contributed by atoms with van der Waals surface area (Å²) in [5.41, 5.74) is 1.70. The largest absolute Gasteiger partial charge is 0.465 e. The minimum Gasteiger partial charge on any atom is -0.465 e. The van der Waals surface area contributed by atoms with Crippen LogP contribution in [-0.2, 0) is 16.0 Å². The van der Waals surface area contributed by atoms with Gasteiger partial charge in [0.05, 0.1) is 24.9 Å². The molecule has 2 aliphatic heterocycles. The van der Waals surface area contributed by atoms with E-state index in [-0.39, 0.29) is 5.97 Å². The van der Waals surface area contributed by atoms with Crippen LogP contribution in [0, 0.1) is 0 Å². The van der Waals surface area contributed by atoms with Gasteiger partial charge in [-0.1, -0.05) is 22.0 Å². The molecule has 1 N–H and O–H groups in total. The van der Waals surface area contributed by atoms with Gasteiger partial charge in [0.25, 0.3) is 0 Å². The molecule has 108 valence electrons. The molecule has 2 aliphatic rings. The van der Waals surface area contributed by atoms with Gasteiger partial charge in [-0.15, -0.1) is 0 Å². The van der Waals surface area contributed by atoms with Gasteiger partial charge in [-0.05, 0) is 37.0 Å². The van der Waals surface area contributed by atoms with Crippen LogP contribution in [0.3, 0.4) is 0 Å². The summed E-state index contributed by atoms with van der Waals surface area (Å²) in [7, 11) is 1.39. The zero-order valence-corrected chi connectivity index (χ0v) is 13.0. The van der Waals surface area contributed by atoms with Crippen LogP contribution in [0.25, 0.3) is 0 Å². The molecule has 0 saturated carbocycles. The molecule has 20 heavy (non-hydrogen) atoms. The molecule has 3 rings (SSSR count). The zero-order valence-electron chi connectivity index (χ0n) is 11.4. The second-order valence-electron chi connectivity index (χ2n) is 5.39. The van der Waals surface area contributed by atoms with Crippen molar-refractivity contribution in [2.75, 3.05) is 7.11 Å². The number of fused-ring (bicyclic) bond motifs is 2. The lowest BCUT2D eigenvalue weighted by Crippen LogP contribution is -2.37. The highest BCUT2D eigenvalue weighted by Gasteiger charge is 2.40. The number of rotatable bonds is 4. The fraction of sp³-hybridized carbons (Fsp3) is 0.533. The number of esters is 1. The van der Waals surface area contributed by atoms with Crippen molar-refractivity contribution in [3.05, 3.63) is 33.8 Å². The third-order valence-corrected chi connectivity index (χ3v) is 4.87. The van der Waals surface area contributed by atoms with E-state index >= 15 is 0 Å². The van der Waals surface area contributed by atoms with Gasteiger partial charge in [0, 0.05) is 17.1 Å². The lowest BCUT2D eigenvalue weighted by Gasteiger charge is -2.20. The minimum atomic E-state index is -0.313. The first-order valence-electron chi connectivity index (χ1n) is 6.93. The number of carbonyl (C=O) groups excluding carboxylic acids is 1. The number of ether oxygens (including phenoxy) is 2. The third-order valence-electron chi connectivity index (χ3n) is 4.13. The van der Waals surface area contributed by atoms with E-state index < -0.39 is 0 Å². The number of carbonyl (C=O) groups is 1. The number of methoxy groups -OCH3 is 1. The topological polar surface area (TPSA) is 47.6 Å². The summed E-state index contributed by atoms with van der Waals surface area (Å²) in [6.45, 7) is 0.777. The Hall–Kier alpha value is -0.910. The maximum Gasteiger partial charge on any atom is 0.337 e. The van der Waals surface area contributed by atoms with Gasteiger partial charge in [0.2, 0.25) is 0 Å². The Morgan fingerprint density at radius 3 is 2.95 bits per heavy atom. The Morgan fingerprint density at radius 2 is 2.35 bits per heavy atom. The van der Waals surface area contributed by atoms with E-state index in [1.54, 1.807) is 12.1 Å². The molecule has 3 atom stereocenters. The van der Waals surface area contributed by atoms with Gasteiger partial charge >= 0.3 is 5.97 Å². The van der Waals surface area contributed by atoms with Crippen LogP contribution >= 0.6 is 15.9 Å². The highest BCUT2D eigenvalue weighted by Crippen LogP contribution is 2.34. The van der Waals surface area contributed by atoms with Crippen LogP contribution < -0.4 is 5.32 Å². The molecule has 2 heterocycles. The monoisotopic (exact) mass is 339 g/mol. The van der Waals surface area contributed by atoms with E-state index in [1.165, 1.54) is 20.0 Å². The van der Waals surface area contributed by atoms with E-state index in [9.17, 15) is 4.79 Å². The van der Waals surface area contributed by atoms with Crippen LogP contribution in [0.5, 0.6) is 0 Å². The quantitative estimate of drug-likeness (QED) is 0.856. The van der Waals surface area contributed by atoms with E-state index in [2.05, 4.69) is 21.2 Å². The Bertz CT molecular complexity index is 520. The minimum absolute atomic E-state index is 0.313. The van der Waals surface area contributed by atoms with Crippen molar-refractivity contribution in [1.82, 2.24) is 5.32 Å². The normalized spacial score (nSPS) is 27.8. The number of nitrogens with one attached hydrogen (secondary N) is 1. The molecular weight excluding hydrogens is 322 g/mol. The smallest absolute Gasteiger partial charge is 0.337 e. The molecule has 2 fully saturated rings. The molecule has 3 unspecified atom stereocenters. The summed E-state index contributed by atoms with van der Waals surface area (Å²) >= 11 is 3.52. The molecule has 1 aromatic carbocycles. The Kier molecular flexibility index (Phi) is 4.10. The zero-order chi connectivity index (χ0) is 14.1. The molecule has 4 nitrogen and oxygen atoms in total. The van der Waals surface area contributed by atoms with Crippen LogP contribution in [0.2, 0.25) is 0 Å². The van der Waals surface area contributed by atoms with Gasteiger partial charge in [-0.25, -0.2) is 4.79 Å². The molecule has 0 radical (unpaired) electrons. The first kappa shape index (κ1) is 14.0. The van der Waals surface area contributed by atoms with Gasteiger partial charge in [-0.3, -0.25) is 0 Å². The first-order chi connectivity index (χ1) is 9.67. The number of hydrogen-bond acceptors (Lipinski definition) is 4. The standard InChI is InChI=1S/C15H18BrNO3/c1-19-15(18)9-2-3-10(12(16)6-9)8-17-13-7-11-4-5-14(13)20-11/h2-3,6,11,13-14,17H,4-5,7-8H2,1H3. The van der Waals surface area contributed by atoms with Crippen molar-refractivity contribution in [3.63, 3.8) is 0 Å².